The largest absolute Gasteiger partial charge is 0.461 e. The zero-order valence-corrected chi connectivity index (χ0v) is 18.0. The van der Waals surface area contributed by atoms with E-state index in [1.54, 1.807) is 20.8 Å². The van der Waals surface area contributed by atoms with Crippen molar-refractivity contribution >= 4 is 28.0 Å². The van der Waals surface area contributed by atoms with Crippen molar-refractivity contribution in [2.24, 2.45) is 0 Å². The fraction of sp³-hybridized carbons (Fsp3) is 0.364. The Kier molecular flexibility index (Phi) is 8.05. The number of benzene rings is 2. The van der Waals surface area contributed by atoms with Crippen molar-refractivity contribution in [1.82, 2.24) is 5.32 Å². The third-order valence-corrected chi connectivity index (χ3v) is 4.30. The van der Waals surface area contributed by atoms with Gasteiger partial charge in [0.25, 0.3) is 0 Å². The van der Waals surface area contributed by atoms with E-state index in [2.05, 4.69) is 21.2 Å². The highest BCUT2D eigenvalue weighted by Crippen LogP contribution is 2.14. The van der Waals surface area contributed by atoms with E-state index >= 15 is 0 Å². The SMILES string of the molecule is CC(C)(C)OC(=O)NC(CC(=O)OCc1ccccc1)Cc1ccc(Br)cc1. The minimum absolute atomic E-state index is 0.0577. The van der Waals surface area contributed by atoms with Crippen LogP contribution in [-0.4, -0.2) is 23.7 Å². The van der Waals surface area contributed by atoms with Crippen LogP contribution in [0.3, 0.4) is 0 Å². The van der Waals surface area contributed by atoms with Gasteiger partial charge in [-0.15, -0.1) is 0 Å². The molecule has 0 aromatic heterocycles. The monoisotopic (exact) mass is 447 g/mol. The summed E-state index contributed by atoms with van der Waals surface area (Å²) in [5.41, 5.74) is 1.31. The number of hydrogen-bond donors (Lipinski definition) is 1. The Bertz CT molecular complexity index is 769. The Balaban J connectivity index is 1.98. The predicted molar refractivity (Wildman–Crippen MR) is 112 cm³/mol. The molecule has 0 spiro atoms. The summed E-state index contributed by atoms with van der Waals surface area (Å²) in [7, 11) is 0. The maximum atomic E-state index is 12.3. The molecule has 6 heteroatoms. The average Bonchev–Trinajstić information content (AvgIpc) is 2.61. The third-order valence-electron chi connectivity index (χ3n) is 3.77. The molecule has 0 heterocycles. The first kappa shape index (κ1) is 22.0. The lowest BCUT2D eigenvalue weighted by Crippen LogP contribution is -2.41. The summed E-state index contributed by atoms with van der Waals surface area (Å²) in [6.07, 6.45) is 0.000205. The molecule has 0 aliphatic carbocycles. The quantitative estimate of drug-likeness (QED) is 0.605. The van der Waals surface area contributed by atoms with Gasteiger partial charge in [0.15, 0.2) is 0 Å². The maximum Gasteiger partial charge on any atom is 0.407 e. The molecule has 150 valence electrons. The van der Waals surface area contributed by atoms with Gasteiger partial charge in [-0.05, 0) is 50.5 Å². The summed E-state index contributed by atoms with van der Waals surface area (Å²) in [5.74, 6) is -0.373. The molecule has 0 saturated heterocycles. The van der Waals surface area contributed by atoms with E-state index in [0.717, 1.165) is 15.6 Å². The average molecular weight is 448 g/mol. The van der Waals surface area contributed by atoms with Gasteiger partial charge in [0, 0.05) is 10.5 Å². The van der Waals surface area contributed by atoms with Crippen molar-refractivity contribution in [3.8, 4) is 0 Å². The van der Waals surface area contributed by atoms with E-state index in [1.165, 1.54) is 0 Å². The normalized spacial score (nSPS) is 12.1. The van der Waals surface area contributed by atoms with Gasteiger partial charge in [0.1, 0.15) is 12.2 Å². The molecule has 0 radical (unpaired) electrons. The van der Waals surface area contributed by atoms with Crippen LogP contribution in [0.2, 0.25) is 0 Å². The van der Waals surface area contributed by atoms with Crippen molar-refractivity contribution in [3.05, 3.63) is 70.2 Å². The minimum Gasteiger partial charge on any atom is -0.461 e. The zero-order valence-electron chi connectivity index (χ0n) is 16.4. The van der Waals surface area contributed by atoms with Crippen LogP contribution in [-0.2, 0) is 27.3 Å². The van der Waals surface area contributed by atoms with E-state index in [-0.39, 0.29) is 19.0 Å². The molecule has 1 N–H and O–H groups in total. The number of amides is 1. The third kappa shape index (κ3) is 8.57. The first-order valence-electron chi connectivity index (χ1n) is 9.15. The number of carbonyl (C=O) groups is 2. The van der Waals surface area contributed by atoms with Crippen LogP contribution in [0.15, 0.2) is 59.1 Å². The molecular weight excluding hydrogens is 422 g/mol. The summed E-state index contributed by atoms with van der Waals surface area (Å²) in [4.78, 5) is 24.5. The molecule has 0 aliphatic rings. The highest BCUT2D eigenvalue weighted by atomic mass is 79.9. The number of halogens is 1. The molecular formula is C22H26BrNO4. The fourth-order valence-electron chi connectivity index (χ4n) is 2.55. The van der Waals surface area contributed by atoms with Gasteiger partial charge in [0.05, 0.1) is 6.42 Å². The van der Waals surface area contributed by atoms with Gasteiger partial charge in [-0.1, -0.05) is 58.4 Å². The van der Waals surface area contributed by atoms with E-state index in [1.807, 2.05) is 54.6 Å². The second-order valence-electron chi connectivity index (χ2n) is 7.52. The van der Waals surface area contributed by atoms with E-state index in [9.17, 15) is 9.59 Å². The van der Waals surface area contributed by atoms with Gasteiger partial charge in [-0.2, -0.15) is 0 Å². The van der Waals surface area contributed by atoms with Crippen LogP contribution in [0.1, 0.15) is 38.3 Å². The summed E-state index contributed by atoms with van der Waals surface area (Å²) in [6, 6.07) is 16.8. The molecule has 1 atom stereocenters. The molecule has 1 unspecified atom stereocenters. The second kappa shape index (κ2) is 10.3. The predicted octanol–water partition coefficient (Wildman–Crippen LogP) is 5.02. The lowest BCUT2D eigenvalue weighted by Gasteiger charge is -2.23. The molecule has 0 aliphatic heterocycles. The number of ether oxygens (including phenoxy) is 2. The van der Waals surface area contributed by atoms with Crippen LogP contribution < -0.4 is 5.32 Å². The fourth-order valence-corrected chi connectivity index (χ4v) is 2.82. The van der Waals surface area contributed by atoms with Gasteiger partial charge in [-0.3, -0.25) is 4.79 Å². The van der Waals surface area contributed by atoms with Gasteiger partial charge < -0.3 is 14.8 Å². The lowest BCUT2D eigenvalue weighted by atomic mass is 10.0. The van der Waals surface area contributed by atoms with E-state index in [4.69, 9.17) is 9.47 Å². The Morgan fingerprint density at radius 3 is 2.25 bits per heavy atom. The van der Waals surface area contributed by atoms with E-state index in [0.29, 0.717) is 6.42 Å². The smallest absolute Gasteiger partial charge is 0.407 e. The van der Waals surface area contributed by atoms with Crippen LogP contribution in [0.25, 0.3) is 0 Å². The summed E-state index contributed by atoms with van der Waals surface area (Å²) in [5, 5.41) is 2.79. The highest BCUT2D eigenvalue weighted by molar-refractivity contribution is 9.10. The lowest BCUT2D eigenvalue weighted by molar-refractivity contribution is -0.145. The Labute approximate surface area is 174 Å². The number of alkyl carbamates (subject to hydrolysis) is 1. The molecule has 0 fully saturated rings. The maximum absolute atomic E-state index is 12.3. The highest BCUT2D eigenvalue weighted by Gasteiger charge is 2.22. The van der Waals surface area contributed by atoms with Gasteiger partial charge in [0.2, 0.25) is 0 Å². The van der Waals surface area contributed by atoms with E-state index < -0.39 is 17.7 Å². The first-order valence-corrected chi connectivity index (χ1v) is 9.94. The molecule has 2 aromatic rings. The molecule has 1 amide bonds. The van der Waals surface area contributed by atoms with Crippen molar-refractivity contribution < 1.29 is 19.1 Å². The Morgan fingerprint density at radius 2 is 1.64 bits per heavy atom. The standard InChI is InChI=1S/C22H26BrNO4/c1-22(2,3)28-21(26)24-19(13-16-9-11-18(23)12-10-16)14-20(25)27-15-17-7-5-4-6-8-17/h4-12,19H,13-15H2,1-3H3,(H,24,26). The number of rotatable bonds is 7. The van der Waals surface area contributed by atoms with Crippen molar-refractivity contribution in [1.29, 1.82) is 0 Å². The van der Waals surface area contributed by atoms with Crippen molar-refractivity contribution in [3.63, 3.8) is 0 Å². The molecule has 5 nitrogen and oxygen atoms in total. The van der Waals surface area contributed by atoms with Crippen LogP contribution in [0.4, 0.5) is 4.79 Å². The molecule has 0 saturated carbocycles. The van der Waals surface area contributed by atoms with Crippen molar-refractivity contribution in [2.75, 3.05) is 0 Å². The van der Waals surface area contributed by atoms with Crippen molar-refractivity contribution in [2.45, 2.75) is 51.9 Å². The minimum atomic E-state index is -0.611. The van der Waals surface area contributed by atoms with Gasteiger partial charge >= 0.3 is 12.1 Å². The Morgan fingerprint density at radius 1 is 1.00 bits per heavy atom. The number of nitrogens with one attached hydrogen (secondary N) is 1. The summed E-state index contributed by atoms with van der Waals surface area (Å²) in [6.45, 7) is 5.59. The van der Waals surface area contributed by atoms with Crippen LogP contribution in [0.5, 0.6) is 0 Å². The zero-order chi connectivity index (χ0) is 20.6. The summed E-state index contributed by atoms with van der Waals surface area (Å²) < 4.78 is 11.7. The number of esters is 1. The summed E-state index contributed by atoms with van der Waals surface area (Å²) >= 11 is 3.40. The molecule has 2 rings (SSSR count). The first-order chi connectivity index (χ1) is 13.2. The topological polar surface area (TPSA) is 64.6 Å². The van der Waals surface area contributed by atoms with Gasteiger partial charge in [-0.25, -0.2) is 4.79 Å². The second-order valence-corrected chi connectivity index (χ2v) is 8.44. The Hall–Kier alpha value is -2.34. The van der Waals surface area contributed by atoms with Crippen LogP contribution >= 0.6 is 15.9 Å². The molecule has 28 heavy (non-hydrogen) atoms. The number of carbonyl (C=O) groups excluding carboxylic acids is 2. The molecule has 2 aromatic carbocycles. The van der Waals surface area contributed by atoms with Crippen LogP contribution in [0, 0.1) is 0 Å². The number of hydrogen-bond acceptors (Lipinski definition) is 4. The molecule has 0 bridgehead atoms.